The molecule has 10 heteroatoms. The van der Waals surface area contributed by atoms with E-state index in [-0.39, 0.29) is 23.3 Å². The molecule has 1 aliphatic heterocycles. The highest BCUT2D eigenvalue weighted by Crippen LogP contribution is 2.30. The number of carbonyl (C=O) groups is 1. The van der Waals surface area contributed by atoms with E-state index in [0.29, 0.717) is 49.8 Å². The second-order valence-corrected chi connectivity index (χ2v) is 8.30. The molecule has 1 aliphatic rings. The van der Waals surface area contributed by atoms with Gasteiger partial charge in [0.2, 0.25) is 0 Å². The number of piperazine rings is 1. The quantitative estimate of drug-likeness (QED) is 0.415. The maximum atomic E-state index is 13.1. The van der Waals surface area contributed by atoms with Crippen LogP contribution in [0.4, 0.5) is 17.6 Å². The van der Waals surface area contributed by atoms with Gasteiger partial charge in [-0.2, -0.15) is 13.2 Å². The van der Waals surface area contributed by atoms with Gasteiger partial charge in [-0.3, -0.25) is 9.69 Å². The van der Waals surface area contributed by atoms with Crippen LogP contribution in [0.15, 0.2) is 59.0 Å². The number of ether oxygens (including phenoxy) is 1. The molecule has 0 radical (unpaired) electrons. The second kappa shape index (κ2) is 10.1. The highest BCUT2D eigenvalue weighted by molar-refractivity contribution is 6.32. The van der Waals surface area contributed by atoms with Gasteiger partial charge in [-0.1, -0.05) is 29.8 Å². The first-order valence-corrected chi connectivity index (χ1v) is 10.9. The highest BCUT2D eigenvalue weighted by atomic mass is 35.5. The van der Waals surface area contributed by atoms with Gasteiger partial charge < -0.3 is 14.1 Å². The molecule has 0 atom stereocenters. The summed E-state index contributed by atoms with van der Waals surface area (Å²) in [4.78, 5) is 16.4. The molecule has 1 saturated heterocycles. The Morgan fingerprint density at radius 1 is 1.03 bits per heavy atom. The number of nitrogens with zero attached hydrogens (tertiary/aromatic N) is 2. The van der Waals surface area contributed by atoms with Gasteiger partial charge in [-0.05, 0) is 42.0 Å². The molecule has 0 unspecified atom stereocenters. The van der Waals surface area contributed by atoms with E-state index in [0.717, 1.165) is 18.2 Å². The summed E-state index contributed by atoms with van der Waals surface area (Å²) in [5.41, 5.74) is -0.0929. The van der Waals surface area contributed by atoms with Crippen LogP contribution in [0.2, 0.25) is 5.02 Å². The van der Waals surface area contributed by atoms with E-state index < -0.39 is 17.6 Å². The molecule has 180 valence electrons. The predicted octanol–water partition coefficient (Wildman–Crippen LogP) is 5.63. The molecule has 0 aliphatic carbocycles. The number of benzene rings is 2. The van der Waals surface area contributed by atoms with Gasteiger partial charge in [0.1, 0.15) is 23.9 Å². The monoisotopic (exact) mass is 496 g/mol. The molecule has 5 nitrogen and oxygen atoms in total. The van der Waals surface area contributed by atoms with Gasteiger partial charge in [0.25, 0.3) is 5.91 Å². The van der Waals surface area contributed by atoms with Crippen molar-refractivity contribution >= 4 is 17.5 Å². The molecule has 1 fully saturated rings. The van der Waals surface area contributed by atoms with Gasteiger partial charge in [0.05, 0.1) is 10.6 Å². The number of halogens is 5. The van der Waals surface area contributed by atoms with Gasteiger partial charge in [0.15, 0.2) is 5.76 Å². The molecule has 2 aromatic carbocycles. The molecule has 0 N–H and O–H groups in total. The molecule has 2 heterocycles. The first kappa shape index (κ1) is 24.1. The van der Waals surface area contributed by atoms with Crippen LogP contribution in [-0.2, 0) is 19.3 Å². The molecule has 1 amide bonds. The van der Waals surface area contributed by atoms with Crippen molar-refractivity contribution in [1.29, 1.82) is 0 Å². The van der Waals surface area contributed by atoms with Crippen LogP contribution in [-0.4, -0.2) is 41.9 Å². The zero-order valence-corrected chi connectivity index (χ0v) is 18.7. The van der Waals surface area contributed by atoms with E-state index in [4.69, 9.17) is 20.8 Å². The number of rotatable bonds is 6. The topological polar surface area (TPSA) is 45.9 Å². The van der Waals surface area contributed by atoms with Crippen molar-refractivity contribution in [2.75, 3.05) is 26.2 Å². The minimum absolute atomic E-state index is 0.0173. The van der Waals surface area contributed by atoms with E-state index in [2.05, 4.69) is 0 Å². The summed E-state index contributed by atoms with van der Waals surface area (Å²) in [6, 6.07) is 12.2. The lowest BCUT2D eigenvalue weighted by Gasteiger charge is -2.34. The van der Waals surface area contributed by atoms with Crippen LogP contribution < -0.4 is 4.74 Å². The molecule has 0 spiro atoms. The zero-order valence-electron chi connectivity index (χ0n) is 17.9. The Bertz CT molecular complexity index is 1160. The van der Waals surface area contributed by atoms with Crippen LogP contribution in [0, 0.1) is 5.82 Å². The van der Waals surface area contributed by atoms with E-state index in [9.17, 15) is 22.4 Å². The molecule has 4 rings (SSSR count). The van der Waals surface area contributed by atoms with Crippen LogP contribution in [0.1, 0.15) is 27.4 Å². The van der Waals surface area contributed by atoms with Crippen molar-refractivity contribution in [1.82, 2.24) is 9.80 Å². The van der Waals surface area contributed by atoms with Crippen molar-refractivity contribution in [3.05, 3.63) is 88.1 Å². The summed E-state index contributed by atoms with van der Waals surface area (Å²) in [5, 5.41) is 0.130. The highest BCUT2D eigenvalue weighted by Gasteiger charge is 2.31. The average Bonchev–Trinajstić information content (AvgIpc) is 3.27. The number of amides is 1. The summed E-state index contributed by atoms with van der Waals surface area (Å²) in [5.74, 6) is 0.120. The Labute approximate surface area is 198 Å². The van der Waals surface area contributed by atoms with Crippen molar-refractivity contribution in [2.24, 2.45) is 0 Å². The Morgan fingerprint density at radius 3 is 2.50 bits per heavy atom. The Balaban J connectivity index is 1.29. The van der Waals surface area contributed by atoms with Crippen LogP contribution >= 0.6 is 11.6 Å². The lowest BCUT2D eigenvalue weighted by atomic mass is 10.1. The maximum absolute atomic E-state index is 13.1. The van der Waals surface area contributed by atoms with E-state index >= 15 is 0 Å². The van der Waals surface area contributed by atoms with Crippen LogP contribution in [0.5, 0.6) is 5.75 Å². The molecule has 34 heavy (non-hydrogen) atoms. The Kier molecular flexibility index (Phi) is 7.13. The maximum Gasteiger partial charge on any atom is 0.416 e. The lowest BCUT2D eigenvalue weighted by molar-refractivity contribution is -0.137. The largest absolute Gasteiger partial charge is 0.484 e. The number of hydrogen-bond acceptors (Lipinski definition) is 4. The zero-order chi connectivity index (χ0) is 24.3. The molecule has 1 aromatic heterocycles. The fraction of sp³-hybridized carbons (Fsp3) is 0.292. The summed E-state index contributed by atoms with van der Waals surface area (Å²) in [6.45, 7) is 2.30. The first-order valence-electron chi connectivity index (χ1n) is 10.5. The molecule has 0 saturated carbocycles. The van der Waals surface area contributed by atoms with Crippen molar-refractivity contribution in [3.63, 3.8) is 0 Å². The minimum atomic E-state index is -4.38. The Hall–Kier alpha value is -3.04. The minimum Gasteiger partial charge on any atom is -0.484 e. The summed E-state index contributed by atoms with van der Waals surface area (Å²) in [7, 11) is 0. The van der Waals surface area contributed by atoms with Crippen molar-refractivity contribution < 1.29 is 31.5 Å². The molecular formula is C24H21ClF4N2O3. The van der Waals surface area contributed by atoms with E-state index in [1.165, 1.54) is 18.2 Å². The average molecular weight is 497 g/mol. The van der Waals surface area contributed by atoms with Crippen molar-refractivity contribution in [2.45, 2.75) is 19.3 Å². The molecule has 3 aromatic rings. The number of alkyl halides is 3. The lowest BCUT2D eigenvalue weighted by Crippen LogP contribution is -2.48. The van der Waals surface area contributed by atoms with Crippen molar-refractivity contribution in [3.8, 4) is 5.75 Å². The normalized spacial score (nSPS) is 14.9. The first-order chi connectivity index (χ1) is 16.2. The SMILES string of the molecule is O=C(c1ccc(COc2ccc(F)cc2Cl)o1)N1CCN(Cc2cccc(C(F)(F)F)c2)CC1. The number of hydrogen-bond donors (Lipinski definition) is 0. The number of furan rings is 1. The third-order valence-electron chi connectivity index (χ3n) is 5.46. The predicted molar refractivity (Wildman–Crippen MR) is 117 cm³/mol. The Morgan fingerprint density at radius 2 is 1.79 bits per heavy atom. The fourth-order valence-corrected chi connectivity index (χ4v) is 3.90. The third kappa shape index (κ3) is 5.90. The molecular weight excluding hydrogens is 476 g/mol. The third-order valence-corrected chi connectivity index (χ3v) is 5.75. The van der Waals surface area contributed by atoms with Crippen LogP contribution in [0.3, 0.4) is 0 Å². The smallest absolute Gasteiger partial charge is 0.416 e. The van der Waals surface area contributed by atoms with Gasteiger partial charge in [0, 0.05) is 32.7 Å². The fourth-order valence-electron chi connectivity index (χ4n) is 3.68. The van der Waals surface area contributed by atoms with Gasteiger partial charge in [-0.25, -0.2) is 4.39 Å². The second-order valence-electron chi connectivity index (χ2n) is 7.90. The summed E-state index contributed by atoms with van der Waals surface area (Å²) in [6.07, 6.45) is -4.38. The summed E-state index contributed by atoms with van der Waals surface area (Å²) >= 11 is 5.93. The van der Waals surface area contributed by atoms with Gasteiger partial charge in [-0.15, -0.1) is 0 Å². The number of carbonyl (C=O) groups excluding carboxylic acids is 1. The van der Waals surface area contributed by atoms with Crippen LogP contribution in [0.25, 0.3) is 0 Å². The van der Waals surface area contributed by atoms with E-state index in [1.54, 1.807) is 23.1 Å². The van der Waals surface area contributed by atoms with Gasteiger partial charge >= 0.3 is 6.18 Å². The standard InChI is InChI=1S/C24H21ClF4N2O3/c25-20-13-18(26)4-6-21(20)33-15-19-5-7-22(34-19)23(32)31-10-8-30(9-11-31)14-16-2-1-3-17(12-16)24(27,28)29/h1-7,12-13H,8-11,14-15H2. The summed E-state index contributed by atoms with van der Waals surface area (Å²) < 4.78 is 63.0. The van der Waals surface area contributed by atoms with E-state index in [1.807, 2.05) is 4.90 Å². The molecule has 0 bridgehead atoms.